The molecule has 0 aliphatic rings. The van der Waals surface area contributed by atoms with E-state index in [4.69, 9.17) is 4.42 Å². The summed E-state index contributed by atoms with van der Waals surface area (Å²) in [6.07, 6.45) is 0. The second-order valence-corrected chi connectivity index (χ2v) is 18.9. The van der Waals surface area contributed by atoms with Gasteiger partial charge >= 0.3 is 0 Å². The summed E-state index contributed by atoms with van der Waals surface area (Å²) in [6.45, 7) is 0. The Hall–Kier alpha value is -9.96. The number of hydrogen-bond donors (Lipinski definition) is 0. The van der Waals surface area contributed by atoms with Crippen molar-refractivity contribution in [1.82, 2.24) is 0 Å². The molecule has 0 saturated carbocycles. The third-order valence-corrected chi connectivity index (χ3v) is 14.3. The van der Waals surface area contributed by atoms with Gasteiger partial charge in [0.05, 0.1) is 0 Å². The fourth-order valence-electron chi connectivity index (χ4n) is 10.6. The van der Waals surface area contributed by atoms with Crippen LogP contribution in [0.1, 0.15) is 0 Å². The monoisotopic (exact) mass is 958 g/mol. The van der Waals surface area contributed by atoms with E-state index in [0.29, 0.717) is 0 Å². The molecule has 0 atom stereocenters. The zero-order chi connectivity index (χ0) is 49.9. The zero-order valence-corrected chi connectivity index (χ0v) is 41.2. The highest BCUT2D eigenvalue weighted by Crippen LogP contribution is 2.45. The molecule has 0 bridgehead atoms. The van der Waals surface area contributed by atoms with Crippen molar-refractivity contribution in [2.24, 2.45) is 0 Å². The first-order valence-corrected chi connectivity index (χ1v) is 25.6. The zero-order valence-electron chi connectivity index (χ0n) is 41.2. The number of anilines is 6. The predicted octanol–water partition coefficient (Wildman–Crippen LogP) is 20.5. The van der Waals surface area contributed by atoms with E-state index >= 15 is 0 Å². The van der Waals surface area contributed by atoms with Crippen molar-refractivity contribution in [2.75, 3.05) is 9.80 Å². The fourth-order valence-corrected chi connectivity index (χ4v) is 10.6. The highest BCUT2D eigenvalue weighted by molar-refractivity contribution is 6.06. The van der Waals surface area contributed by atoms with Gasteiger partial charge in [0.1, 0.15) is 11.2 Å². The number of para-hydroxylation sites is 3. The van der Waals surface area contributed by atoms with Gasteiger partial charge < -0.3 is 14.2 Å². The van der Waals surface area contributed by atoms with E-state index in [1.54, 1.807) is 0 Å². The van der Waals surface area contributed by atoms with Crippen molar-refractivity contribution in [3.63, 3.8) is 0 Å². The van der Waals surface area contributed by atoms with Crippen LogP contribution in [0.3, 0.4) is 0 Å². The number of benzene rings is 12. The van der Waals surface area contributed by atoms with E-state index in [2.05, 4.69) is 301 Å². The normalized spacial score (nSPS) is 11.2. The molecule has 0 aliphatic heterocycles. The van der Waals surface area contributed by atoms with Crippen LogP contribution < -0.4 is 9.80 Å². The average Bonchev–Trinajstić information content (AvgIpc) is 3.88. The Kier molecular flexibility index (Phi) is 11.9. The van der Waals surface area contributed by atoms with Gasteiger partial charge in [-0.05, 0) is 158 Å². The molecule has 3 nitrogen and oxygen atoms in total. The Bertz CT molecular complexity index is 4040. The summed E-state index contributed by atoms with van der Waals surface area (Å²) in [5.41, 5.74) is 22.2. The molecule has 0 unspecified atom stereocenters. The largest absolute Gasteiger partial charge is 0.456 e. The molecule has 13 rings (SSSR count). The van der Waals surface area contributed by atoms with Crippen molar-refractivity contribution >= 4 is 56.1 Å². The van der Waals surface area contributed by atoms with Crippen LogP contribution in [0, 0.1) is 0 Å². The molecule has 13 aromatic rings. The summed E-state index contributed by atoms with van der Waals surface area (Å²) in [5.74, 6) is 0. The third kappa shape index (κ3) is 8.94. The van der Waals surface area contributed by atoms with Gasteiger partial charge in [0.25, 0.3) is 0 Å². The highest BCUT2D eigenvalue weighted by atomic mass is 16.3. The number of furan rings is 1. The first-order chi connectivity index (χ1) is 37.2. The van der Waals surface area contributed by atoms with Gasteiger partial charge in [0.15, 0.2) is 0 Å². The van der Waals surface area contributed by atoms with Crippen LogP contribution in [0.5, 0.6) is 0 Å². The van der Waals surface area contributed by atoms with Crippen molar-refractivity contribution in [3.8, 4) is 66.8 Å². The molecule has 354 valence electrons. The van der Waals surface area contributed by atoms with Crippen molar-refractivity contribution in [3.05, 3.63) is 303 Å². The van der Waals surface area contributed by atoms with Crippen LogP contribution >= 0.6 is 0 Å². The maximum atomic E-state index is 6.39. The standard InChI is InChI=1S/C72H50N2O/c1-6-18-51(19-7-1)52-30-32-53(33-31-52)54-34-40-61(41-35-54)73(59-24-12-4-13-25-59)62-42-36-57(37-43-62)69-49-68(56-22-10-3-11-23-56)70(50-67(69)55-20-8-2-9-21-55)58-38-44-63(45-39-58)74(60-26-14-5-15-27-60)64-46-47-66-65-28-16-17-29-71(65)75-72(66)48-64/h1-50H. The highest BCUT2D eigenvalue weighted by Gasteiger charge is 2.20. The lowest BCUT2D eigenvalue weighted by Crippen LogP contribution is -2.09. The van der Waals surface area contributed by atoms with Crippen molar-refractivity contribution < 1.29 is 4.42 Å². The van der Waals surface area contributed by atoms with Gasteiger partial charge in [-0.15, -0.1) is 0 Å². The second-order valence-electron chi connectivity index (χ2n) is 18.9. The third-order valence-electron chi connectivity index (χ3n) is 14.3. The number of hydrogen-bond acceptors (Lipinski definition) is 3. The molecule has 0 amide bonds. The summed E-state index contributed by atoms with van der Waals surface area (Å²) in [7, 11) is 0. The molecular weight excluding hydrogens is 909 g/mol. The predicted molar refractivity (Wildman–Crippen MR) is 316 cm³/mol. The minimum Gasteiger partial charge on any atom is -0.456 e. The van der Waals surface area contributed by atoms with E-state index in [1.165, 1.54) is 27.8 Å². The van der Waals surface area contributed by atoms with Crippen LogP contribution in [0.4, 0.5) is 34.1 Å². The quantitative estimate of drug-likeness (QED) is 0.122. The van der Waals surface area contributed by atoms with Gasteiger partial charge in [-0.3, -0.25) is 0 Å². The van der Waals surface area contributed by atoms with E-state index < -0.39 is 0 Å². The minimum atomic E-state index is 0.863. The lowest BCUT2D eigenvalue weighted by atomic mass is 9.85. The summed E-state index contributed by atoms with van der Waals surface area (Å²) < 4.78 is 6.39. The van der Waals surface area contributed by atoms with E-state index in [9.17, 15) is 0 Å². The summed E-state index contributed by atoms with van der Waals surface area (Å²) in [4.78, 5) is 4.64. The molecule has 0 spiro atoms. The Morgan fingerprint density at radius 2 is 0.467 bits per heavy atom. The molecule has 75 heavy (non-hydrogen) atoms. The van der Waals surface area contributed by atoms with Gasteiger partial charge in [-0.1, -0.05) is 206 Å². The van der Waals surface area contributed by atoms with Crippen LogP contribution in [-0.4, -0.2) is 0 Å². The average molecular weight is 959 g/mol. The maximum absolute atomic E-state index is 6.39. The Balaban J connectivity index is 0.875. The van der Waals surface area contributed by atoms with Gasteiger partial charge in [-0.2, -0.15) is 0 Å². The molecule has 0 saturated heterocycles. The molecule has 1 aromatic heterocycles. The van der Waals surface area contributed by atoms with Crippen molar-refractivity contribution in [2.45, 2.75) is 0 Å². The smallest absolute Gasteiger partial charge is 0.137 e. The van der Waals surface area contributed by atoms with Crippen LogP contribution in [0.15, 0.2) is 308 Å². The van der Waals surface area contributed by atoms with Crippen LogP contribution in [0.2, 0.25) is 0 Å². The molecule has 3 heteroatoms. The topological polar surface area (TPSA) is 19.6 Å². The molecule has 0 N–H and O–H groups in total. The number of rotatable bonds is 12. The van der Waals surface area contributed by atoms with Gasteiger partial charge in [0, 0.05) is 51.0 Å². The van der Waals surface area contributed by atoms with Crippen molar-refractivity contribution in [1.29, 1.82) is 0 Å². The summed E-state index contributed by atoms with van der Waals surface area (Å²) in [6, 6.07) is 109. The minimum absolute atomic E-state index is 0.863. The van der Waals surface area contributed by atoms with Crippen LogP contribution in [-0.2, 0) is 0 Å². The first-order valence-electron chi connectivity index (χ1n) is 25.6. The van der Waals surface area contributed by atoms with Gasteiger partial charge in [0.2, 0.25) is 0 Å². The van der Waals surface area contributed by atoms with E-state index in [1.807, 2.05) is 12.1 Å². The van der Waals surface area contributed by atoms with Crippen LogP contribution in [0.25, 0.3) is 88.7 Å². The fraction of sp³-hybridized carbons (Fsp3) is 0. The number of nitrogens with zero attached hydrogens (tertiary/aromatic N) is 2. The van der Waals surface area contributed by atoms with E-state index in [-0.39, 0.29) is 0 Å². The first kappa shape index (κ1) is 44.9. The molecule has 0 fully saturated rings. The maximum Gasteiger partial charge on any atom is 0.137 e. The Morgan fingerprint density at radius 3 is 0.907 bits per heavy atom. The second kappa shape index (κ2) is 19.9. The van der Waals surface area contributed by atoms with Gasteiger partial charge in [-0.25, -0.2) is 0 Å². The molecular formula is C72H50N2O. The molecule has 0 radical (unpaired) electrons. The summed E-state index contributed by atoms with van der Waals surface area (Å²) in [5, 5.41) is 2.23. The molecule has 1 heterocycles. The Labute approximate surface area is 438 Å². The Morgan fingerprint density at radius 1 is 0.187 bits per heavy atom. The lowest BCUT2D eigenvalue weighted by molar-refractivity contribution is 0.669. The summed E-state index contributed by atoms with van der Waals surface area (Å²) >= 11 is 0. The van der Waals surface area contributed by atoms with E-state index in [0.717, 1.165) is 95.0 Å². The lowest BCUT2D eigenvalue weighted by Gasteiger charge is -2.26. The number of fused-ring (bicyclic) bond motifs is 3. The SMILES string of the molecule is c1ccc(-c2ccc(-c3ccc(N(c4ccccc4)c4ccc(-c5cc(-c6ccccc6)c(-c6ccc(N(c7ccccc7)c7ccc8c(c7)oc7ccccc78)cc6)cc5-c5ccccc5)cc4)cc3)cc2)cc1. The molecule has 0 aliphatic carbocycles. The molecule has 12 aromatic carbocycles.